The Bertz CT molecular complexity index is 448. The Hall–Kier alpha value is -0.640. The van der Waals surface area contributed by atoms with Gasteiger partial charge in [0, 0.05) is 5.92 Å². The van der Waals surface area contributed by atoms with E-state index in [4.69, 9.17) is 0 Å². The molecule has 1 aliphatic rings. The maximum Gasteiger partial charge on any atom is 0.265 e. The molecule has 100 valence electrons. The van der Waals surface area contributed by atoms with Gasteiger partial charge < -0.3 is 4.98 Å². The van der Waals surface area contributed by atoms with Gasteiger partial charge in [-0.15, -0.1) is 0 Å². The van der Waals surface area contributed by atoms with Crippen molar-refractivity contribution in [2.75, 3.05) is 0 Å². The van der Waals surface area contributed by atoms with Crippen molar-refractivity contribution in [3.8, 4) is 0 Å². The summed E-state index contributed by atoms with van der Waals surface area (Å²) in [5.74, 6) is 1.35. The number of hydrogen-bond donors (Lipinski definition) is 1. The molecule has 0 radical (unpaired) electrons. The minimum absolute atomic E-state index is 0.0288. The van der Waals surface area contributed by atoms with Crippen molar-refractivity contribution in [1.29, 1.82) is 0 Å². The molecule has 0 bridgehead atoms. The third kappa shape index (κ3) is 3.22. The van der Waals surface area contributed by atoms with E-state index >= 15 is 0 Å². The molecule has 0 saturated heterocycles. The summed E-state index contributed by atoms with van der Waals surface area (Å²) in [6.07, 6.45) is 9.62. The Morgan fingerprint density at radius 3 is 2.44 bits per heavy atom. The quantitative estimate of drug-likeness (QED) is 0.899. The highest BCUT2D eigenvalue weighted by atomic mass is 79.9. The largest absolute Gasteiger partial charge is 0.309 e. The molecular formula is C14H21BrN2O. The van der Waals surface area contributed by atoms with Crippen LogP contribution in [0.25, 0.3) is 0 Å². The molecular weight excluding hydrogens is 292 g/mol. The molecule has 1 N–H and O–H groups in total. The molecule has 0 aliphatic heterocycles. The highest BCUT2D eigenvalue weighted by Crippen LogP contribution is 2.29. The van der Waals surface area contributed by atoms with Gasteiger partial charge in [-0.05, 0) is 35.2 Å². The summed E-state index contributed by atoms with van der Waals surface area (Å²) in [4.78, 5) is 19.5. The summed E-state index contributed by atoms with van der Waals surface area (Å²) in [7, 11) is 0. The van der Waals surface area contributed by atoms with Gasteiger partial charge in [-0.3, -0.25) is 4.79 Å². The monoisotopic (exact) mass is 312 g/mol. The molecule has 0 amide bonds. The number of hydrogen-bond acceptors (Lipinski definition) is 2. The van der Waals surface area contributed by atoms with Crippen LogP contribution in [0.1, 0.15) is 69.3 Å². The number of H-pyrrole nitrogens is 1. The highest BCUT2D eigenvalue weighted by Gasteiger charge is 2.17. The Morgan fingerprint density at radius 2 is 1.83 bits per heavy atom. The van der Waals surface area contributed by atoms with Crippen molar-refractivity contribution in [2.24, 2.45) is 0 Å². The van der Waals surface area contributed by atoms with Crippen LogP contribution in [0.3, 0.4) is 0 Å². The summed E-state index contributed by atoms with van der Waals surface area (Å²) >= 11 is 3.32. The standard InChI is InChI=1S/C14H21BrN2O/c1-2-11-12(15)14(18)17-13(16-11)10-8-6-4-3-5-7-9-10/h10H,2-9H2,1H3,(H,16,17,18). The topological polar surface area (TPSA) is 45.8 Å². The first-order valence-corrected chi connectivity index (χ1v) is 7.80. The number of aryl methyl sites for hydroxylation is 1. The van der Waals surface area contributed by atoms with Crippen LogP contribution in [0.5, 0.6) is 0 Å². The molecule has 2 rings (SSSR count). The van der Waals surface area contributed by atoms with Gasteiger partial charge in [0.2, 0.25) is 0 Å². The molecule has 3 nitrogen and oxygen atoms in total. The van der Waals surface area contributed by atoms with Crippen LogP contribution >= 0.6 is 15.9 Å². The Morgan fingerprint density at radius 1 is 1.22 bits per heavy atom. The minimum Gasteiger partial charge on any atom is -0.309 e. The molecule has 1 aromatic heterocycles. The van der Waals surface area contributed by atoms with Crippen molar-refractivity contribution in [2.45, 2.75) is 64.2 Å². The predicted molar refractivity (Wildman–Crippen MR) is 77.0 cm³/mol. The third-order valence-electron chi connectivity index (χ3n) is 3.78. The van der Waals surface area contributed by atoms with Gasteiger partial charge in [0.1, 0.15) is 10.3 Å². The number of aromatic amines is 1. The lowest BCUT2D eigenvalue weighted by Gasteiger charge is -2.19. The fourth-order valence-corrected chi connectivity index (χ4v) is 3.15. The first kappa shape index (κ1) is 13.8. The zero-order chi connectivity index (χ0) is 13.0. The smallest absolute Gasteiger partial charge is 0.265 e. The second kappa shape index (κ2) is 6.50. The van der Waals surface area contributed by atoms with E-state index in [1.165, 1.54) is 32.1 Å². The van der Waals surface area contributed by atoms with Gasteiger partial charge in [0.15, 0.2) is 0 Å². The van der Waals surface area contributed by atoms with E-state index in [1.54, 1.807) is 0 Å². The fraction of sp³-hybridized carbons (Fsp3) is 0.714. The molecule has 1 heterocycles. The van der Waals surface area contributed by atoms with Crippen LogP contribution in [0, 0.1) is 0 Å². The number of halogens is 1. The lowest BCUT2D eigenvalue weighted by Crippen LogP contribution is -2.18. The van der Waals surface area contributed by atoms with Gasteiger partial charge in [0.25, 0.3) is 5.56 Å². The molecule has 4 heteroatoms. The van der Waals surface area contributed by atoms with E-state index in [-0.39, 0.29) is 5.56 Å². The molecule has 0 aromatic carbocycles. The van der Waals surface area contributed by atoms with E-state index in [9.17, 15) is 4.79 Å². The van der Waals surface area contributed by atoms with Crippen molar-refractivity contribution in [3.05, 3.63) is 26.3 Å². The summed E-state index contributed by atoms with van der Waals surface area (Å²) < 4.78 is 0.597. The molecule has 0 spiro atoms. The number of nitrogens with zero attached hydrogens (tertiary/aromatic N) is 1. The normalized spacial score (nSPS) is 18.3. The number of aromatic nitrogens is 2. The van der Waals surface area contributed by atoms with Crippen molar-refractivity contribution < 1.29 is 0 Å². The van der Waals surface area contributed by atoms with Crippen molar-refractivity contribution >= 4 is 15.9 Å². The van der Waals surface area contributed by atoms with Gasteiger partial charge >= 0.3 is 0 Å². The lowest BCUT2D eigenvalue weighted by atomic mass is 9.90. The SMILES string of the molecule is CCc1nc(C2CCCCCCC2)[nH]c(=O)c1Br. The van der Waals surface area contributed by atoms with Gasteiger partial charge in [-0.25, -0.2) is 4.98 Å². The fourth-order valence-electron chi connectivity index (χ4n) is 2.68. The van der Waals surface area contributed by atoms with E-state index < -0.39 is 0 Å². The van der Waals surface area contributed by atoms with E-state index in [0.717, 1.165) is 30.8 Å². The van der Waals surface area contributed by atoms with Gasteiger partial charge in [-0.1, -0.05) is 39.0 Å². The summed E-state index contributed by atoms with van der Waals surface area (Å²) in [6, 6.07) is 0. The molecule has 1 fully saturated rings. The first-order valence-electron chi connectivity index (χ1n) is 7.01. The van der Waals surface area contributed by atoms with Crippen LogP contribution in [-0.4, -0.2) is 9.97 Å². The lowest BCUT2D eigenvalue weighted by molar-refractivity contribution is 0.440. The zero-order valence-electron chi connectivity index (χ0n) is 11.0. The molecule has 1 aromatic rings. The Balaban J connectivity index is 2.25. The van der Waals surface area contributed by atoms with Crippen LogP contribution in [0.15, 0.2) is 9.27 Å². The summed E-state index contributed by atoms with van der Waals surface area (Å²) in [5, 5.41) is 0. The first-order chi connectivity index (χ1) is 8.72. The third-order valence-corrected chi connectivity index (χ3v) is 4.59. The molecule has 0 unspecified atom stereocenters. The highest BCUT2D eigenvalue weighted by molar-refractivity contribution is 9.10. The van der Waals surface area contributed by atoms with Crippen LogP contribution in [0.2, 0.25) is 0 Å². The van der Waals surface area contributed by atoms with Crippen LogP contribution < -0.4 is 5.56 Å². The van der Waals surface area contributed by atoms with Crippen molar-refractivity contribution in [3.63, 3.8) is 0 Å². The average Bonchev–Trinajstić information content (AvgIpc) is 2.32. The molecule has 1 aliphatic carbocycles. The Kier molecular flexibility index (Phi) is 4.98. The number of rotatable bonds is 2. The second-order valence-electron chi connectivity index (χ2n) is 5.11. The van der Waals surface area contributed by atoms with E-state index in [1.807, 2.05) is 6.92 Å². The Labute approximate surface area is 117 Å². The minimum atomic E-state index is -0.0288. The predicted octanol–water partition coefficient (Wildman–Crippen LogP) is 3.92. The van der Waals surface area contributed by atoms with E-state index in [2.05, 4.69) is 25.9 Å². The van der Waals surface area contributed by atoms with Gasteiger partial charge in [0.05, 0.1) is 5.69 Å². The summed E-state index contributed by atoms with van der Waals surface area (Å²) in [6.45, 7) is 2.04. The maximum atomic E-state index is 11.9. The maximum absolute atomic E-state index is 11.9. The molecule has 0 atom stereocenters. The van der Waals surface area contributed by atoms with Crippen LogP contribution in [-0.2, 0) is 6.42 Å². The summed E-state index contributed by atoms with van der Waals surface area (Å²) in [5.41, 5.74) is 0.856. The average molecular weight is 313 g/mol. The van der Waals surface area contributed by atoms with E-state index in [0.29, 0.717) is 10.4 Å². The van der Waals surface area contributed by atoms with Gasteiger partial charge in [-0.2, -0.15) is 0 Å². The van der Waals surface area contributed by atoms with Crippen molar-refractivity contribution in [1.82, 2.24) is 9.97 Å². The zero-order valence-corrected chi connectivity index (χ0v) is 12.6. The molecule has 18 heavy (non-hydrogen) atoms. The van der Waals surface area contributed by atoms with Crippen LogP contribution in [0.4, 0.5) is 0 Å². The number of nitrogens with one attached hydrogen (secondary N) is 1. The molecule has 1 saturated carbocycles. The second-order valence-corrected chi connectivity index (χ2v) is 5.90.